The molecule has 0 saturated heterocycles. The average molecular weight is 278 g/mol. The van der Waals surface area contributed by atoms with Crippen molar-refractivity contribution in [2.24, 2.45) is 5.41 Å². The summed E-state index contributed by atoms with van der Waals surface area (Å²) in [5.41, 5.74) is 0.799. The van der Waals surface area contributed by atoms with E-state index in [9.17, 15) is 5.11 Å². The third kappa shape index (κ3) is 4.04. The van der Waals surface area contributed by atoms with Crippen LogP contribution < -0.4 is 0 Å². The Bertz CT molecular complexity index is 398. The summed E-state index contributed by atoms with van der Waals surface area (Å²) in [5.74, 6) is 0.284. The maximum Gasteiger partial charge on any atom is 0.187 e. The van der Waals surface area contributed by atoms with E-state index in [1.54, 1.807) is 6.20 Å². The van der Waals surface area contributed by atoms with Gasteiger partial charge in [-0.3, -0.25) is 10.4 Å². The van der Waals surface area contributed by atoms with E-state index in [1.807, 2.05) is 25.3 Å². The molecule has 0 saturated carbocycles. The highest BCUT2D eigenvalue weighted by molar-refractivity contribution is 5.80. The highest BCUT2D eigenvalue weighted by atomic mass is 16.5. The van der Waals surface area contributed by atoms with E-state index < -0.39 is 0 Å². The van der Waals surface area contributed by atoms with Crippen molar-refractivity contribution >= 4 is 5.90 Å². The molecule has 1 heterocycles. The molecule has 112 valence electrons. The summed E-state index contributed by atoms with van der Waals surface area (Å²) in [6.45, 7) is 6.07. The van der Waals surface area contributed by atoms with Crippen LogP contribution in [0.15, 0.2) is 24.5 Å². The summed E-state index contributed by atoms with van der Waals surface area (Å²) in [6.07, 6.45) is 6.43. The predicted molar refractivity (Wildman–Crippen MR) is 80.9 cm³/mol. The third-order valence-electron chi connectivity index (χ3n) is 4.04. The molecule has 1 aromatic heterocycles. The van der Waals surface area contributed by atoms with Gasteiger partial charge in [-0.05, 0) is 37.3 Å². The third-order valence-corrected chi connectivity index (χ3v) is 4.04. The normalized spacial score (nSPS) is 13.0. The molecule has 0 radical (unpaired) electrons. The largest absolute Gasteiger partial charge is 0.475 e. The molecule has 1 unspecified atom stereocenters. The monoisotopic (exact) mass is 278 g/mol. The fourth-order valence-corrected chi connectivity index (χ4v) is 2.34. The Hall–Kier alpha value is -1.42. The average Bonchev–Trinajstić information content (AvgIpc) is 2.51. The second-order valence-corrected chi connectivity index (χ2v) is 5.19. The van der Waals surface area contributed by atoms with Crippen LogP contribution in [-0.4, -0.2) is 28.7 Å². The Morgan fingerprint density at radius 1 is 1.40 bits per heavy atom. The summed E-state index contributed by atoms with van der Waals surface area (Å²) in [4.78, 5) is 4.14. The number of hydrogen-bond donors (Lipinski definition) is 2. The van der Waals surface area contributed by atoms with E-state index in [2.05, 4.69) is 18.8 Å². The van der Waals surface area contributed by atoms with Crippen LogP contribution >= 0.6 is 0 Å². The van der Waals surface area contributed by atoms with Gasteiger partial charge in [0, 0.05) is 17.8 Å². The molecular formula is C16H26N2O2. The molecule has 0 aromatic carbocycles. The minimum Gasteiger partial charge on any atom is -0.475 e. The lowest BCUT2D eigenvalue weighted by Gasteiger charge is -2.33. The molecular weight excluding hydrogens is 252 g/mol. The predicted octanol–water partition coefficient (Wildman–Crippen LogP) is 3.20. The molecule has 0 fully saturated rings. The summed E-state index contributed by atoms with van der Waals surface area (Å²) in [7, 11) is 0. The van der Waals surface area contributed by atoms with Crippen LogP contribution in [0.3, 0.4) is 0 Å². The number of pyridine rings is 1. The van der Waals surface area contributed by atoms with Gasteiger partial charge < -0.3 is 9.84 Å². The lowest BCUT2D eigenvalue weighted by Crippen LogP contribution is -2.37. The SMILES string of the molecule is CCC(CO)OC(=N)C(CC)(CC)Cc1cccnc1. The molecule has 2 N–H and O–H groups in total. The van der Waals surface area contributed by atoms with Gasteiger partial charge in [0.15, 0.2) is 5.90 Å². The van der Waals surface area contributed by atoms with E-state index in [4.69, 9.17) is 10.1 Å². The van der Waals surface area contributed by atoms with Crippen LogP contribution in [0.2, 0.25) is 0 Å². The van der Waals surface area contributed by atoms with E-state index in [1.165, 1.54) is 0 Å². The maximum atomic E-state index is 9.24. The molecule has 0 aliphatic rings. The Labute approximate surface area is 121 Å². The van der Waals surface area contributed by atoms with Crippen molar-refractivity contribution in [3.63, 3.8) is 0 Å². The van der Waals surface area contributed by atoms with Crippen molar-refractivity contribution in [3.05, 3.63) is 30.1 Å². The smallest absolute Gasteiger partial charge is 0.187 e. The highest BCUT2D eigenvalue weighted by Gasteiger charge is 2.34. The van der Waals surface area contributed by atoms with Gasteiger partial charge in [0.25, 0.3) is 0 Å². The van der Waals surface area contributed by atoms with Gasteiger partial charge in [0.05, 0.1) is 6.61 Å². The maximum absolute atomic E-state index is 9.24. The molecule has 0 aliphatic heterocycles. The van der Waals surface area contributed by atoms with Crippen LogP contribution in [0, 0.1) is 10.8 Å². The van der Waals surface area contributed by atoms with Gasteiger partial charge in [0.1, 0.15) is 6.10 Å². The van der Waals surface area contributed by atoms with Gasteiger partial charge in [-0.1, -0.05) is 26.8 Å². The summed E-state index contributed by atoms with van der Waals surface area (Å²) >= 11 is 0. The number of rotatable bonds is 8. The minimum absolute atomic E-state index is 0.0463. The molecule has 0 spiro atoms. The topological polar surface area (TPSA) is 66.2 Å². The minimum atomic E-state index is -0.314. The molecule has 4 nitrogen and oxygen atoms in total. The first-order chi connectivity index (χ1) is 9.61. The van der Waals surface area contributed by atoms with Crippen LogP contribution in [0.4, 0.5) is 0 Å². The number of hydrogen-bond acceptors (Lipinski definition) is 4. The second-order valence-electron chi connectivity index (χ2n) is 5.19. The van der Waals surface area contributed by atoms with Crippen molar-refractivity contribution in [1.29, 1.82) is 5.41 Å². The Kier molecular flexibility index (Phi) is 6.65. The Morgan fingerprint density at radius 3 is 2.55 bits per heavy atom. The lowest BCUT2D eigenvalue weighted by molar-refractivity contribution is 0.0823. The number of aliphatic hydroxyl groups excluding tert-OH is 1. The summed E-state index contributed by atoms with van der Waals surface area (Å²) < 4.78 is 5.68. The zero-order valence-electron chi connectivity index (χ0n) is 12.7. The summed E-state index contributed by atoms with van der Waals surface area (Å²) in [6, 6.07) is 3.95. The van der Waals surface area contributed by atoms with Crippen molar-refractivity contribution in [3.8, 4) is 0 Å². The first-order valence-electron chi connectivity index (χ1n) is 7.37. The standard InChI is InChI=1S/C16H26N2O2/c1-4-14(12-19)20-15(17)16(5-2,6-3)10-13-8-7-9-18-11-13/h7-9,11,14,17,19H,4-6,10,12H2,1-3H3. The zero-order chi connectivity index (χ0) is 15.0. The van der Waals surface area contributed by atoms with E-state index >= 15 is 0 Å². The van der Waals surface area contributed by atoms with Gasteiger partial charge >= 0.3 is 0 Å². The Balaban J connectivity index is 2.87. The first kappa shape index (κ1) is 16.6. The fourth-order valence-electron chi connectivity index (χ4n) is 2.34. The molecule has 0 aliphatic carbocycles. The van der Waals surface area contributed by atoms with Gasteiger partial charge in [-0.2, -0.15) is 0 Å². The van der Waals surface area contributed by atoms with Gasteiger partial charge in [-0.25, -0.2) is 0 Å². The first-order valence-corrected chi connectivity index (χ1v) is 7.37. The molecule has 1 rings (SSSR count). The van der Waals surface area contributed by atoms with Crippen molar-refractivity contribution in [1.82, 2.24) is 4.98 Å². The summed E-state index contributed by atoms with van der Waals surface area (Å²) in [5, 5.41) is 17.6. The van der Waals surface area contributed by atoms with Crippen molar-refractivity contribution in [2.75, 3.05) is 6.61 Å². The molecule has 4 heteroatoms. The van der Waals surface area contributed by atoms with E-state index in [0.29, 0.717) is 6.42 Å². The molecule has 0 bridgehead atoms. The van der Waals surface area contributed by atoms with E-state index in [-0.39, 0.29) is 24.0 Å². The second kappa shape index (κ2) is 8.00. The highest BCUT2D eigenvalue weighted by Crippen LogP contribution is 2.33. The number of aromatic nitrogens is 1. The number of nitrogens with one attached hydrogen (secondary N) is 1. The van der Waals surface area contributed by atoms with Gasteiger partial charge in [0.2, 0.25) is 0 Å². The van der Waals surface area contributed by atoms with E-state index in [0.717, 1.165) is 24.8 Å². The van der Waals surface area contributed by atoms with Crippen LogP contribution in [-0.2, 0) is 11.2 Å². The number of nitrogens with zero attached hydrogens (tertiary/aromatic N) is 1. The molecule has 1 atom stereocenters. The van der Waals surface area contributed by atoms with Crippen LogP contribution in [0.25, 0.3) is 0 Å². The lowest BCUT2D eigenvalue weighted by atomic mass is 9.77. The molecule has 20 heavy (non-hydrogen) atoms. The molecule has 1 aromatic rings. The quantitative estimate of drug-likeness (QED) is 0.567. The number of ether oxygens (including phenoxy) is 1. The fraction of sp³-hybridized carbons (Fsp3) is 0.625. The van der Waals surface area contributed by atoms with Crippen LogP contribution in [0.5, 0.6) is 0 Å². The molecule has 0 amide bonds. The van der Waals surface area contributed by atoms with Gasteiger partial charge in [-0.15, -0.1) is 0 Å². The number of aliphatic hydroxyl groups is 1. The van der Waals surface area contributed by atoms with Crippen molar-refractivity contribution < 1.29 is 9.84 Å². The Morgan fingerprint density at radius 2 is 2.10 bits per heavy atom. The van der Waals surface area contributed by atoms with Crippen molar-refractivity contribution in [2.45, 2.75) is 52.6 Å². The van der Waals surface area contributed by atoms with Crippen LogP contribution in [0.1, 0.15) is 45.6 Å². The zero-order valence-corrected chi connectivity index (χ0v) is 12.7.